The van der Waals surface area contributed by atoms with Gasteiger partial charge >= 0.3 is 0 Å². The minimum atomic E-state index is -0.564. The molecular weight excluding hydrogens is 248 g/mol. The highest BCUT2D eigenvalue weighted by atomic mass is 19.1. The van der Waals surface area contributed by atoms with Crippen LogP contribution in [0.5, 0.6) is 0 Å². The molecule has 0 saturated heterocycles. The lowest BCUT2D eigenvalue weighted by atomic mass is 10.2. The summed E-state index contributed by atoms with van der Waals surface area (Å²) in [5.74, 6) is 0.203. The van der Waals surface area contributed by atoms with Gasteiger partial charge in [0.2, 0.25) is 0 Å². The lowest BCUT2D eigenvalue weighted by Crippen LogP contribution is -2.11. The molecule has 0 aliphatic heterocycles. The maximum Gasteiger partial charge on any atom is 0.131 e. The van der Waals surface area contributed by atoms with Gasteiger partial charge < -0.3 is 5.32 Å². The third-order valence-corrected chi connectivity index (χ3v) is 2.73. The fourth-order valence-corrected chi connectivity index (χ4v) is 1.83. The predicted octanol–water partition coefficient (Wildman–Crippen LogP) is 3.43. The van der Waals surface area contributed by atoms with Crippen molar-refractivity contribution >= 4 is 5.82 Å². The largest absolute Gasteiger partial charge is 0.366 e. The van der Waals surface area contributed by atoms with Gasteiger partial charge in [-0.2, -0.15) is 5.10 Å². The monoisotopic (exact) mass is 265 g/mol. The van der Waals surface area contributed by atoms with Crippen LogP contribution in [0.15, 0.2) is 30.5 Å². The lowest BCUT2D eigenvalue weighted by Gasteiger charge is -2.12. The van der Waals surface area contributed by atoms with Gasteiger partial charge in [-0.3, -0.25) is 0 Å². The molecule has 0 aliphatic rings. The molecule has 0 radical (unpaired) electrons. The molecule has 1 heterocycles. The number of rotatable bonds is 5. The molecule has 1 aromatic heterocycles. The highest BCUT2D eigenvalue weighted by Gasteiger charge is 2.07. The summed E-state index contributed by atoms with van der Waals surface area (Å²) < 4.78 is 28.1. The van der Waals surface area contributed by atoms with Gasteiger partial charge in [0.15, 0.2) is 0 Å². The van der Waals surface area contributed by atoms with E-state index < -0.39 is 11.6 Å². The first kappa shape index (κ1) is 13.5. The van der Waals surface area contributed by atoms with Gasteiger partial charge in [0, 0.05) is 30.8 Å². The minimum absolute atomic E-state index is 0.301. The van der Waals surface area contributed by atoms with Crippen molar-refractivity contribution in [1.29, 1.82) is 0 Å². The third-order valence-electron chi connectivity index (χ3n) is 2.73. The SMILES string of the molecule is CC(C)Cn1nccc1NCc1ccc(F)cc1F. The van der Waals surface area contributed by atoms with E-state index >= 15 is 0 Å². The van der Waals surface area contributed by atoms with Gasteiger partial charge in [-0.15, -0.1) is 0 Å². The van der Waals surface area contributed by atoms with Crippen molar-refractivity contribution in [2.75, 3.05) is 5.32 Å². The Morgan fingerprint density at radius 1 is 1.26 bits per heavy atom. The van der Waals surface area contributed by atoms with E-state index in [1.807, 2.05) is 10.7 Å². The molecule has 0 fully saturated rings. The molecule has 19 heavy (non-hydrogen) atoms. The maximum absolute atomic E-state index is 13.5. The number of nitrogens with zero attached hydrogens (tertiary/aromatic N) is 2. The molecule has 102 valence electrons. The smallest absolute Gasteiger partial charge is 0.131 e. The van der Waals surface area contributed by atoms with Crippen LogP contribution >= 0.6 is 0 Å². The summed E-state index contributed by atoms with van der Waals surface area (Å²) in [6, 6.07) is 5.43. The maximum atomic E-state index is 13.5. The number of hydrogen-bond acceptors (Lipinski definition) is 2. The molecule has 0 saturated carbocycles. The van der Waals surface area contributed by atoms with E-state index in [1.54, 1.807) is 6.20 Å². The average Bonchev–Trinajstić information content (AvgIpc) is 2.74. The summed E-state index contributed by atoms with van der Waals surface area (Å²) in [4.78, 5) is 0. The van der Waals surface area contributed by atoms with E-state index in [1.165, 1.54) is 12.1 Å². The summed E-state index contributed by atoms with van der Waals surface area (Å²) >= 11 is 0. The van der Waals surface area contributed by atoms with Gasteiger partial charge in [-0.1, -0.05) is 19.9 Å². The summed E-state index contributed by atoms with van der Waals surface area (Å²) in [6.07, 6.45) is 1.70. The van der Waals surface area contributed by atoms with Gasteiger partial charge in [0.1, 0.15) is 17.5 Å². The predicted molar refractivity (Wildman–Crippen MR) is 70.7 cm³/mol. The topological polar surface area (TPSA) is 29.9 Å². The summed E-state index contributed by atoms with van der Waals surface area (Å²) in [5, 5.41) is 7.32. The zero-order valence-electron chi connectivity index (χ0n) is 11.0. The van der Waals surface area contributed by atoms with Crippen molar-refractivity contribution in [2.45, 2.75) is 26.9 Å². The summed E-state index contributed by atoms with van der Waals surface area (Å²) in [7, 11) is 0. The second-order valence-corrected chi connectivity index (χ2v) is 4.88. The molecule has 1 N–H and O–H groups in total. The van der Waals surface area contributed by atoms with Crippen LogP contribution in [0.25, 0.3) is 0 Å². The number of halogens is 2. The van der Waals surface area contributed by atoms with Crippen LogP contribution in [0.2, 0.25) is 0 Å². The zero-order chi connectivity index (χ0) is 13.8. The molecule has 0 bridgehead atoms. The molecule has 0 aliphatic carbocycles. The van der Waals surface area contributed by atoms with Crippen LogP contribution < -0.4 is 5.32 Å². The second kappa shape index (κ2) is 5.82. The highest BCUT2D eigenvalue weighted by molar-refractivity contribution is 5.35. The molecular formula is C14H17F2N3. The second-order valence-electron chi connectivity index (χ2n) is 4.88. The number of benzene rings is 1. The fraction of sp³-hybridized carbons (Fsp3) is 0.357. The number of nitrogens with one attached hydrogen (secondary N) is 1. The van der Waals surface area contributed by atoms with E-state index in [-0.39, 0.29) is 0 Å². The highest BCUT2D eigenvalue weighted by Crippen LogP contribution is 2.14. The van der Waals surface area contributed by atoms with Crippen molar-refractivity contribution < 1.29 is 8.78 Å². The molecule has 2 aromatic rings. The standard InChI is InChI=1S/C14H17F2N3/c1-10(2)9-19-14(5-6-18-19)17-8-11-3-4-12(15)7-13(11)16/h3-7,10,17H,8-9H2,1-2H3. The van der Waals surface area contributed by atoms with Crippen LogP contribution in [-0.2, 0) is 13.1 Å². The Bertz CT molecular complexity index is 549. The molecule has 0 unspecified atom stereocenters. The Hall–Kier alpha value is -1.91. The minimum Gasteiger partial charge on any atom is -0.366 e. The third kappa shape index (κ3) is 3.53. The number of anilines is 1. The summed E-state index contributed by atoms with van der Waals surface area (Å²) in [6.45, 7) is 5.30. The molecule has 0 spiro atoms. The van der Waals surface area contributed by atoms with Crippen LogP contribution in [-0.4, -0.2) is 9.78 Å². The molecule has 2 rings (SSSR count). The van der Waals surface area contributed by atoms with Crippen LogP contribution in [0.1, 0.15) is 19.4 Å². The van der Waals surface area contributed by atoms with Crippen molar-refractivity contribution in [1.82, 2.24) is 9.78 Å². The molecule has 3 nitrogen and oxygen atoms in total. The fourth-order valence-electron chi connectivity index (χ4n) is 1.83. The first-order chi connectivity index (χ1) is 9.06. The molecule has 5 heteroatoms. The van der Waals surface area contributed by atoms with E-state index in [2.05, 4.69) is 24.3 Å². The number of hydrogen-bond donors (Lipinski definition) is 1. The Labute approximate surface area is 111 Å². The van der Waals surface area contributed by atoms with Crippen molar-refractivity contribution in [3.05, 3.63) is 47.7 Å². The molecule has 0 amide bonds. The van der Waals surface area contributed by atoms with E-state index in [9.17, 15) is 8.78 Å². The quantitative estimate of drug-likeness (QED) is 0.897. The Morgan fingerprint density at radius 3 is 2.74 bits per heavy atom. The van der Waals surface area contributed by atoms with Crippen molar-refractivity contribution in [2.24, 2.45) is 5.92 Å². The van der Waals surface area contributed by atoms with Gasteiger partial charge in [0.05, 0.1) is 6.20 Å². The Balaban J connectivity index is 2.04. The first-order valence-corrected chi connectivity index (χ1v) is 6.26. The van der Waals surface area contributed by atoms with Crippen LogP contribution in [0.3, 0.4) is 0 Å². The number of aromatic nitrogens is 2. The average molecular weight is 265 g/mol. The van der Waals surface area contributed by atoms with Crippen LogP contribution in [0, 0.1) is 17.6 Å². The summed E-state index contributed by atoms with van der Waals surface area (Å²) in [5.41, 5.74) is 0.429. The molecule has 1 aromatic carbocycles. The van der Waals surface area contributed by atoms with Crippen LogP contribution in [0.4, 0.5) is 14.6 Å². The Kier molecular flexibility index (Phi) is 4.14. The normalized spacial score (nSPS) is 11.0. The van der Waals surface area contributed by atoms with Gasteiger partial charge in [-0.05, 0) is 12.0 Å². The van der Waals surface area contributed by atoms with Gasteiger partial charge in [-0.25, -0.2) is 13.5 Å². The van der Waals surface area contributed by atoms with E-state index in [0.717, 1.165) is 18.4 Å². The zero-order valence-corrected chi connectivity index (χ0v) is 11.0. The van der Waals surface area contributed by atoms with Crippen molar-refractivity contribution in [3.63, 3.8) is 0 Å². The Morgan fingerprint density at radius 2 is 2.05 bits per heavy atom. The van der Waals surface area contributed by atoms with E-state index in [0.29, 0.717) is 18.0 Å². The lowest BCUT2D eigenvalue weighted by molar-refractivity contribution is 0.486. The first-order valence-electron chi connectivity index (χ1n) is 6.26. The van der Waals surface area contributed by atoms with Crippen molar-refractivity contribution in [3.8, 4) is 0 Å². The van der Waals surface area contributed by atoms with Gasteiger partial charge in [0.25, 0.3) is 0 Å². The molecule has 0 atom stereocenters. The van der Waals surface area contributed by atoms with E-state index in [4.69, 9.17) is 0 Å².